The first-order valence-electron chi connectivity index (χ1n) is 4.53. The molecule has 98 valence electrons. The number of fused-ring (bicyclic) bond motifs is 1. The molecule has 0 aromatic heterocycles. The lowest BCUT2D eigenvalue weighted by Crippen LogP contribution is -2.17. The average molecular weight is 359 g/mol. The highest BCUT2D eigenvalue weighted by Crippen LogP contribution is 2.47. The van der Waals surface area contributed by atoms with Gasteiger partial charge in [-0.3, -0.25) is 10.1 Å². The van der Waals surface area contributed by atoms with E-state index in [4.69, 9.17) is 20.2 Å². The number of halogens is 2. The molecule has 0 atom stereocenters. The van der Waals surface area contributed by atoms with Crippen molar-refractivity contribution in [2.24, 2.45) is 0 Å². The van der Waals surface area contributed by atoms with E-state index in [0.29, 0.717) is 0 Å². The summed E-state index contributed by atoms with van der Waals surface area (Å²) in [5, 5.41) is 10.8. The van der Waals surface area contributed by atoms with Crippen LogP contribution >= 0.6 is 26.6 Å². The third-order valence-corrected chi connectivity index (χ3v) is 4.56. The van der Waals surface area contributed by atoms with Crippen LogP contribution in [0.3, 0.4) is 0 Å². The summed E-state index contributed by atoms with van der Waals surface area (Å²) in [6.07, 6.45) is 0. The van der Waals surface area contributed by atoms with Crippen molar-refractivity contribution in [3.8, 4) is 11.5 Å². The maximum absolute atomic E-state index is 11.5. The molecule has 0 fully saturated rings. The van der Waals surface area contributed by atoms with E-state index in [-0.39, 0.29) is 29.2 Å². The maximum Gasteiger partial charge on any atom is 0.288 e. The van der Waals surface area contributed by atoms with Gasteiger partial charge in [-0.2, -0.15) is 0 Å². The molecule has 0 bridgehead atoms. The number of hydrogen-bond acceptors (Lipinski definition) is 6. The molecule has 1 heterocycles. The Kier molecular flexibility index (Phi) is 3.39. The Morgan fingerprint density at radius 3 is 2.56 bits per heavy atom. The molecule has 1 aliphatic rings. The van der Waals surface area contributed by atoms with Crippen molar-refractivity contribution >= 4 is 41.4 Å². The summed E-state index contributed by atoms with van der Waals surface area (Å²) < 4.78 is 33.0. The van der Waals surface area contributed by atoms with Gasteiger partial charge in [0.1, 0.15) is 22.6 Å². The van der Waals surface area contributed by atoms with Crippen LogP contribution in [0.4, 0.5) is 5.69 Å². The number of benzene rings is 1. The van der Waals surface area contributed by atoms with Gasteiger partial charge >= 0.3 is 0 Å². The minimum atomic E-state index is -4.22. The lowest BCUT2D eigenvalue weighted by molar-refractivity contribution is -0.386. The van der Waals surface area contributed by atoms with Crippen molar-refractivity contribution in [2.75, 3.05) is 13.2 Å². The van der Waals surface area contributed by atoms with Crippen LogP contribution in [0.2, 0.25) is 0 Å². The Morgan fingerprint density at radius 2 is 2.00 bits per heavy atom. The number of nitro groups is 1. The van der Waals surface area contributed by atoms with E-state index < -0.39 is 24.6 Å². The summed E-state index contributed by atoms with van der Waals surface area (Å²) >= 11 is 2.86. The van der Waals surface area contributed by atoms with Crippen LogP contribution in [0, 0.1) is 10.1 Å². The third-order valence-electron chi connectivity index (χ3n) is 2.15. The zero-order valence-corrected chi connectivity index (χ0v) is 11.7. The molecule has 0 saturated heterocycles. The van der Waals surface area contributed by atoms with Gasteiger partial charge in [-0.05, 0) is 15.9 Å². The second kappa shape index (κ2) is 4.56. The summed E-state index contributed by atoms with van der Waals surface area (Å²) in [7, 11) is 1.05. The van der Waals surface area contributed by atoms with E-state index in [9.17, 15) is 18.5 Å². The average Bonchev–Trinajstić information content (AvgIpc) is 2.25. The third kappa shape index (κ3) is 2.25. The molecular weight excluding hydrogens is 354 g/mol. The first-order chi connectivity index (χ1) is 8.32. The van der Waals surface area contributed by atoms with Crippen LogP contribution in [0.5, 0.6) is 11.5 Å². The minimum absolute atomic E-state index is 0.0182. The SMILES string of the molecule is O=[N+]([O-])c1cc2c(c(S(=O)(=O)Cl)c1Br)OCCO2. The number of ether oxygens (including phenoxy) is 2. The van der Waals surface area contributed by atoms with E-state index in [1.165, 1.54) is 0 Å². The lowest BCUT2D eigenvalue weighted by Gasteiger charge is -2.20. The molecule has 10 heteroatoms. The van der Waals surface area contributed by atoms with E-state index >= 15 is 0 Å². The van der Waals surface area contributed by atoms with Gasteiger partial charge in [0.05, 0.1) is 11.0 Å². The highest BCUT2D eigenvalue weighted by atomic mass is 79.9. The van der Waals surface area contributed by atoms with Gasteiger partial charge in [0, 0.05) is 10.7 Å². The van der Waals surface area contributed by atoms with Gasteiger partial charge in [0.2, 0.25) is 0 Å². The maximum atomic E-state index is 11.5. The van der Waals surface area contributed by atoms with Gasteiger partial charge in [-0.1, -0.05) is 0 Å². The quantitative estimate of drug-likeness (QED) is 0.456. The molecule has 0 radical (unpaired) electrons. The second-order valence-electron chi connectivity index (χ2n) is 3.26. The Bertz CT molecular complexity index is 631. The number of hydrogen-bond donors (Lipinski definition) is 0. The first-order valence-corrected chi connectivity index (χ1v) is 7.63. The highest BCUT2D eigenvalue weighted by molar-refractivity contribution is 9.10. The molecule has 1 aromatic carbocycles. The normalized spacial score (nSPS) is 14.3. The molecule has 0 saturated carbocycles. The van der Waals surface area contributed by atoms with Gasteiger partial charge in [0.25, 0.3) is 14.7 Å². The largest absolute Gasteiger partial charge is 0.486 e. The molecule has 2 rings (SSSR count). The summed E-state index contributed by atoms with van der Waals surface area (Å²) in [4.78, 5) is 9.59. The van der Waals surface area contributed by atoms with Crippen LogP contribution in [0.1, 0.15) is 0 Å². The van der Waals surface area contributed by atoms with E-state index in [0.717, 1.165) is 6.07 Å². The summed E-state index contributed by atoms with van der Waals surface area (Å²) in [5.41, 5.74) is -0.460. The molecule has 0 aliphatic carbocycles. The van der Waals surface area contributed by atoms with E-state index in [1.54, 1.807) is 0 Å². The molecule has 0 N–H and O–H groups in total. The first kappa shape index (κ1) is 13.4. The van der Waals surface area contributed by atoms with E-state index in [2.05, 4.69) is 15.9 Å². The standard InChI is InChI=1S/C8H5BrClNO6S/c9-6-4(11(12)13)3-5-7(17-2-1-16-5)8(6)18(10,14)15/h3H,1-2H2. The minimum Gasteiger partial charge on any atom is -0.486 e. The van der Waals surface area contributed by atoms with Gasteiger partial charge in [-0.25, -0.2) is 8.42 Å². The fraction of sp³-hybridized carbons (Fsp3) is 0.250. The summed E-state index contributed by atoms with van der Waals surface area (Å²) in [6, 6.07) is 1.09. The van der Waals surface area contributed by atoms with Gasteiger partial charge in [-0.15, -0.1) is 0 Å². The fourth-order valence-electron chi connectivity index (χ4n) is 1.47. The van der Waals surface area contributed by atoms with Crippen molar-refractivity contribution < 1.29 is 22.8 Å². The summed E-state index contributed by atoms with van der Waals surface area (Å²) in [5.74, 6) is -0.135. The van der Waals surface area contributed by atoms with Gasteiger partial charge in [0.15, 0.2) is 11.5 Å². The summed E-state index contributed by atoms with van der Waals surface area (Å²) in [6.45, 7) is 0.310. The fourth-order valence-corrected chi connectivity index (χ4v) is 3.97. The highest BCUT2D eigenvalue weighted by Gasteiger charge is 2.33. The van der Waals surface area contributed by atoms with Crippen molar-refractivity contribution in [2.45, 2.75) is 4.90 Å². The van der Waals surface area contributed by atoms with Crippen molar-refractivity contribution in [1.29, 1.82) is 0 Å². The van der Waals surface area contributed by atoms with Crippen molar-refractivity contribution in [1.82, 2.24) is 0 Å². The Hall–Kier alpha value is -1.06. The van der Waals surface area contributed by atoms with Crippen molar-refractivity contribution in [3.05, 3.63) is 20.7 Å². The lowest BCUT2D eigenvalue weighted by atomic mass is 10.2. The van der Waals surface area contributed by atoms with Crippen LogP contribution in [0.15, 0.2) is 15.4 Å². The van der Waals surface area contributed by atoms with Crippen LogP contribution in [-0.4, -0.2) is 26.6 Å². The van der Waals surface area contributed by atoms with Crippen molar-refractivity contribution in [3.63, 3.8) is 0 Å². The van der Waals surface area contributed by atoms with Crippen LogP contribution in [0.25, 0.3) is 0 Å². The van der Waals surface area contributed by atoms with Crippen LogP contribution < -0.4 is 9.47 Å². The molecule has 1 aromatic rings. The topological polar surface area (TPSA) is 95.7 Å². The smallest absolute Gasteiger partial charge is 0.288 e. The molecule has 1 aliphatic heterocycles. The van der Waals surface area contributed by atoms with E-state index in [1.807, 2.05) is 0 Å². The number of nitrogens with zero attached hydrogens (tertiary/aromatic N) is 1. The molecule has 0 amide bonds. The molecule has 7 nitrogen and oxygen atoms in total. The monoisotopic (exact) mass is 357 g/mol. The second-order valence-corrected chi connectivity index (χ2v) is 6.55. The number of rotatable bonds is 2. The zero-order valence-electron chi connectivity index (χ0n) is 8.55. The molecule has 0 spiro atoms. The number of nitro benzene ring substituents is 1. The molecular formula is C8H5BrClNO6S. The Morgan fingerprint density at radius 1 is 1.39 bits per heavy atom. The van der Waals surface area contributed by atoms with Crippen LogP contribution in [-0.2, 0) is 9.05 Å². The Labute approximate surface area is 114 Å². The predicted molar refractivity (Wildman–Crippen MR) is 64.8 cm³/mol. The molecule has 18 heavy (non-hydrogen) atoms. The molecule has 0 unspecified atom stereocenters. The predicted octanol–water partition coefficient (Wildman–Crippen LogP) is 2.06. The van der Waals surface area contributed by atoms with Gasteiger partial charge < -0.3 is 9.47 Å². The zero-order chi connectivity index (χ0) is 13.5. The Balaban J connectivity index is 2.84.